The van der Waals surface area contributed by atoms with Crippen molar-refractivity contribution in [2.24, 2.45) is 0 Å². The second-order valence-corrected chi connectivity index (χ2v) is 16.0. The van der Waals surface area contributed by atoms with Gasteiger partial charge in [0.05, 0.1) is 0 Å². The monoisotopic (exact) mass is 774 g/mol. The zero-order valence-corrected chi connectivity index (χ0v) is 34.1. The molecule has 0 heteroatoms. The van der Waals surface area contributed by atoms with Crippen molar-refractivity contribution < 1.29 is 0 Å². The summed E-state index contributed by atoms with van der Waals surface area (Å²) in [5, 5.41) is 14.9. The van der Waals surface area contributed by atoms with Crippen molar-refractivity contribution >= 4 is 82.4 Å². The lowest BCUT2D eigenvalue weighted by molar-refractivity contribution is 1.62. The third-order valence-electron chi connectivity index (χ3n) is 12.4. The summed E-state index contributed by atoms with van der Waals surface area (Å²) in [6, 6.07) is 73.6. The van der Waals surface area contributed by atoms with Crippen LogP contribution in [0, 0.1) is 0 Å². The van der Waals surface area contributed by atoms with Crippen LogP contribution in [0.1, 0.15) is 23.6 Å². The molecule has 0 nitrogen and oxygen atoms in total. The number of rotatable bonds is 7. The van der Waals surface area contributed by atoms with Crippen LogP contribution in [0.15, 0.2) is 219 Å². The number of fused-ring (bicyclic) bond motifs is 6. The summed E-state index contributed by atoms with van der Waals surface area (Å²) in [5.74, 6) is 0. The zero-order chi connectivity index (χ0) is 40.9. The Balaban J connectivity index is 1.05. The molecular weight excluding hydrogens is 733 g/mol. The van der Waals surface area contributed by atoms with Crippen LogP contribution >= 0.6 is 0 Å². The zero-order valence-electron chi connectivity index (χ0n) is 34.1. The van der Waals surface area contributed by atoms with E-state index >= 15 is 0 Å². The molecule has 0 amide bonds. The maximum absolute atomic E-state index is 4.46. The van der Waals surface area contributed by atoms with Gasteiger partial charge in [-0.05, 0) is 145 Å². The Hall–Kier alpha value is -7.80. The summed E-state index contributed by atoms with van der Waals surface area (Å²) in [6.07, 6.45) is 8.71. The Kier molecular flexibility index (Phi) is 8.98. The normalized spacial score (nSPS) is 12.0. The van der Waals surface area contributed by atoms with Gasteiger partial charge in [0, 0.05) is 0 Å². The highest BCUT2D eigenvalue weighted by Crippen LogP contribution is 2.46. The van der Waals surface area contributed by atoms with Crippen molar-refractivity contribution in [2.45, 2.75) is 6.92 Å². The molecule has 0 aliphatic heterocycles. The second kappa shape index (κ2) is 15.1. The Morgan fingerprint density at radius 2 is 0.803 bits per heavy atom. The van der Waals surface area contributed by atoms with Gasteiger partial charge in [0.2, 0.25) is 0 Å². The molecule has 0 bridgehead atoms. The summed E-state index contributed by atoms with van der Waals surface area (Å²) >= 11 is 0. The minimum absolute atomic E-state index is 1.03. The highest BCUT2D eigenvalue weighted by atomic mass is 14.2. The van der Waals surface area contributed by atoms with E-state index in [-0.39, 0.29) is 0 Å². The number of benzene rings is 11. The van der Waals surface area contributed by atoms with E-state index < -0.39 is 0 Å². The molecule has 0 saturated heterocycles. The molecule has 0 saturated carbocycles. The Bertz CT molecular complexity index is 3540. The van der Waals surface area contributed by atoms with Crippen LogP contribution in [-0.2, 0) is 0 Å². The SMILES string of the molecule is C=C(/C=C\C)c1c2ccccc2c(/C=C/c2ccc(-c3ccc4c(-c5ccc6ccccc6c5)c5ccccc5c(-c5ccc6ccccc6c5)c4c3)cc2)c2ccccc12. The summed E-state index contributed by atoms with van der Waals surface area (Å²) in [7, 11) is 0. The van der Waals surface area contributed by atoms with Gasteiger partial charge in [-0.2, -0.15) is 0 Å². The fourth-order valence-corrected chi connectivity index (χ4v) is 9.61. The fourth-order valence-electron chi connectivity index (χ4n) is 9.61. The van der Waals surface area contributed by atoms with E-state index in [9.17, 15) is 0 Å². The molecule has 0 heterocycles. The molecule has 0 aliphatic rings. The van der Waals surface area contributed by atoms with E-state index in [1.165, 1.54) is 109 Å². The van der Waals surface area contributed by atoms with E-state index in [0.29, 0.717) is 0 Å². The summed E-state index contributed by atoms with van der Waals surface area (Å²) in [4.78, 5) is 0. The average Bonchev–Trinajstić information content (AvgIpc) is 3.31. The highest BCUT2D eigenvalue weighted by Gasteiger charge is 2.19. The van der Waals surface area contributed by atoms with E-state index in [1.807, 2.05) is 6.92 Å². The van der Waals surface area contributed by atoms with Crippen LogP contribution in [0.3, 0.4) is 0 Å². The maximum atomic E-state index is 4.46. The van der Waals surface area contributed by atoms with Crippen molar-refractivity contribution in [3.63, 3.8) is 0 Å². The molecule has 61 heavy (non-hydrogen) atoms. The standard InChI is InChI=1S/C61H42/c1-3-14-40(2)59-53-21-10-8-19-50(53)52(51-20-9-11-22-54(51)59)35-27-41-25-28-44(29-26-41)47-34-36-57-58(39-47)61(49-33-31-43-16-5-7-18-46(43)38-49)56-24-13-12-23-55(56)60(57)48-32-30-42-15-4-6-17-45(42)37-48/h3-39H,2H2,1H3/b14-3-,35-27+. The van der Waals surface area contributed by atoms with Crippen LogP contribution in [0.5, 0.6) is 0 Å². The van der Waals surface area contributed by atoms with Crippen molar-refractivity contribution in [1.29, 1.82) is 0 Å². The Morgan fingerprint density at radius 3 is 1.36 bits per heavy atom. The van der Waals surface area contributed by atoms with E-state index in [4.69, 9.17) is 0 Å². The van der Waals surface area contributed by atoms with Crippen molar-refractivity contribution in [3.8, 4) is 33.4 Å². The maximum Gasteiger partial charge on any atom is -0.00259 e. The minimum Gasteiger partial charge on any atom is -0.0911 e. The van der Waals surface area contributed by atoms with Gasteiger partial charge >= 0.3 is 0 Å². The third kappa shape index (κ3) is 6.33. The van der Waals surface area contributed by atoms with Gasteiger partial charge in [0.25, 0.3) is 0 Å². The van der Waals surface area contributed by atoms with Crippen LogP contribution in [0.4, 0.5) is 0 Å². The quantitative estimate of drug-likeness (QED) is 0.0859. The van der Waals surface area contributed by atoms with Crippen molar-refractivity contribution in [2.75, 3.05) is 0 Å². The van der Waals surface area contributed by atoms with Gasteiger partial charge in [-0.1, -0.05) is 213 Å². The summed E-state index contributed by atoms with van der Waals surface area (Å²) in [6.45, 7) is 6.50. The lowest BCUT2D eigenvalue weighted by atomic mass is 9.84. The Labute approximate surface area is 356 Å². The average molecular weight is 775 g/mol. The molecule has 0 atom stereocenters. The Morgan fingerprint density at radius 1 is 0.361 bits per heavy atom. The van der Waals surface area contributed by atoms with Gasteiger partial charge in [0.15, 0.2) is 0 Å². The van der Waals surface area contributed by atoms with Crippen LogP contribution < -0.4 is 0 Å². The number of allylic oxidation sites excluding steroid dienone is 3. The fraction of sp³-hybridized carbons (Fsp3) is 0.0164. The van der Waals surface area contributed by atoms with Gasteiger partial charge in [-0.25, -0.2) is 0 Å². The highest BCUT2D eigenvalue weighted by molar-refractivity contribution is 6.23. The van der Waals surface area contributed by atoms with Crippen molar-refractivity contribution in [1.82, 2.24) is 0 Å². The molecule has 286 valence electrons. The first-order valence-corrected chi connectivity index (χ1v) is 21.1. The lowest BCUT2D eigenvalue weighted by Gasteiger charge is -2.19. The molecule has 0 radical (unpaired) electrons. The number of hydrogen-bond donors (Lipinski definition) is 0. The molecule has 11 rings (SSSR count). The second-order valence-electron chi connectivity index (χ2n) is 16.0. The molecule has 0 aliphatic carbocycles. The van der Waals surface area contributed by atoms with Gasteiger partial charge in [-0.3, -0.25) is 0 Å². The van der Waals surface area contributed by atoms with Crippen LogP contribution in [-0.4, -0.2) is 0 Å². The largest absolute Gasteiger partial charge is 0.0911 e. The first-order chi connectivity index (χ1) is 30.1. The molecule has 11 aromatic carbocycles. The smallest absolute Gasteiger partial charge is 0.00259 e. The third-order valence-corrected chi connectivity index (χ3v) is 12.4. The molecule has 0 fully saturated rings. The summed E-state index contributed by atoms with van der Waals surface area (Å²) < 4.78 is 0. The molecule has 0 spiro atoms. The minimum atomic E-state index is 1.03. The molecule has 0 aromatic heterocycles. The molecule has 0 unspecified atom stereocenters. The van der Waals surface area contributed by atoms with Gasteiger partial charge < -0.3 is 0 Å². The number of hydrogen-bond acceptors (Lipinski definition) is 0. The van der Waals surface area contributed by atoms with Crippen LogP contribution in [0.2, 0.25) is 0 Å². The lowest BCUT2D eigenvalue weighted by Crippen LogP contribution is -1.92. The molecule has 11 aromatic rings. The summed E-state index contributed by atoms with van der Waals surface area (Å²) in [5.41, 5.74) is 12.0. The van der Waals surface area contributed by atoms with Crippen LogP contribution in [0.25, 0.3) is 116 Å². The predicted octanol–water partition coefficient (Wildman–Crippen LogP) is 17.4. The molecular formula is C61H42. The van der Waals surface area contributed by atoms with Crippen molar-refractivity contribution in [3.05, 3.63) is 236 Å². The topological polar surface area (TPSA) is 0 Å². The van der Waals surface area contributed by atoms with Gasteiger partial charge in [-0.15, -0.1) is 0 Å². The van der Waals surface area contributed by atoms with E-state index in [2.05, 4.69) is 231 Å². The van der Waals surface area contributed by atoms with E-state index in [0.717, 1.165) is 11.1 Å². The first kappa shape index (κ1) is 36.3. The first-order valence-electron chi connectivity index (χ1n) is 21.1. The predicted molar refractivity (Wildman–Crippen MR) is 267 cm³/mol. The molecule has 0 N–H and O–H groups in total. The van der Waals surface area contributed by atoms with Gasteiger partial charge in [0.1, 0.15) is 0 Å². The van der Waals surface area contributed by atoms with E-state index in [1.54, 1.807) is 0 Å².